The molecule has 0 bridgehead atoms. The molecule has 7 nitrogen and oxygen atoms in total. The predicted octanol–water partition coefficient (Wildman–Crippen LogP) is 2.75. The van der Waals surface area contributed by atoms with Crippen LogP contribution in [-0.4, -0.2) is 26.2 Å². The van der Waals surface area contributed by atoms with Gasteiger partial charge in [-0.15, -0.1) is 0 Å². The van der Waals surface area contributed by atoms with E-state index in [0.29, 0.717) is 18.1 Å². The van der Waals surface area contributed by atoms with Gasteiger partial charge in [-0.1, -0.05) is 35.5 Å². The second kappa shape index (κ2) is 6.27. The van der Waals surface area contributed by atoms with Gasteiger partial charge in [0, 0.05) is 17.7 Å². The van der Waals surface area contributed by atoms with Crippen molar-refractivity contribution in [1.29, 1.82) is 0 Å². The van der Waals surface area contributed by atoms with E-state index in [2.05, 4.69) is 20.4 Å². The van der Waals surface area contributed by atoms with Gasteiger partial charge in [0.2, 0.25) is 0 Å². The number of aromatic carboxylic acids is 1. The van der Waals surface area contributed by atoms with Gasteiger partial charge in [-0.05, 0) is 6.92 Å². The molecule has 0 atom stereocenters. The van der Waals surface area contributed by atoms with Gasteiger partial charge in [0.05, 0.1) is 12.4 Å². The summed E-state index contributed by atoms with van der Waals surface area (Å²) in [6, 6.07) is 9.73. The highest BCUT2D eigenvalue weighted by Gasteiger charge is 2.14. The zero-order chi connectivity index (χ0) is 16.2. The van der Waals surface area contributed by atoms with Crippen LogP contribution in [0.15, 0.2) is 47.2 Å². The molecule has 3 aromatic rings. The Morgan fingerprint density at radius 2 is 2.00 bits per heavy atom. The molecule has 0 spiro atoms. The maximum atomic E-state index is 10.8. The third-order valence-corrected chi connectivity index (χ3v) is 3.35. The molecule has 3 rings (SSSR count). The topological polar surface area (TPSA) is 101 Å². The molecule has 2 heterocycles. The molecule has 0 aliphatic heterocycles. The van der Waals surface area contributed by atoms with Crippen LogP contribution in [0.5, 0.6) is 0 Å². The van der Waals surface area contributed by atoms with Gasteiger partial charge in [0.15, 0.2) is 5.69 Å². The molecule has 0 fully saturated rings. The van der Waals surface area contributed by atoms with Crippen LogP contribution in [0.1, 0.15) is 21.8 Å². The Kier molecular flexibility index (Phi) is 4.01. The molecule has 23 heavy (non-hydrogen) atoms. The summed E-state index contributed by atoms with van der Waals surface area (Å²) in [5, 5.41) is 16.0. The number of carboxylic acids is 1. The molecule has 0 amide bonds. The number of nitrogens with zero attached hydrogens (tertiary/aromatic N) is 3. The molecule has 2 N–H and O–H groups in total. The molecular formula is C16H14N4O3. The Balaban J connectivity index is 1.78. The van der Waals surface area contributed by atoms with Crippen molar-refractivity contribution in [2.24, 2.45) is 0 Å². The number of anilines is 1. The van der Waals surface area contributed by atoms with Crippen molar-refractivity contribution < 1.29 is 14.4 Å². The first-order chi connectivity index (χ1) is 11.1. The Labute approximate surface area is 132 Å². The molecule has 0 saturated heterocycles. The van der Waals surface area contributed by atoms with Gasteiger partial charge in [-0.2, -0.15) is 0 Å². The van der Waals surface area contributed by atoms with E-state index in [1.165, 1.54) is 12.4 Å². The lowest BCUT2D eigenvalue weighted by atomic mass is 10.1. The maximum Gasteiger partial charge on any atom is 0.356 e. The second-order valence-electron chi connectivity index (χ2n) is 4.88. The van der Waals surface area contributed by atoms with Gasteiger partial charge >= 0.3 is 5.97 Å². The number of benzene rings is 1. The van der Waals surface area contributed by atoms with Crippen LogP contribution in [0.4, 0.5) is 5.82 Å². The number of aryl methyl sites for hydroxylation is 1. The molecular weight excluding hydrogens is 296 g/mol. The fourth-order valence-corrected chi connectivity index (χ4v) is 2.13. The van der Waals surface area contributed by atoms with E-state index in [1.807, 2.05) is 37.3 Å². The number of nitrogens with one attached hydrogen (secondary N) is 1. The van der Waals surface area contributed by atoms with E-state index in [4.69, 9.17) is 9.63 Å². The van der Waals surface area contributed by atoms with Crippen LogP contribution in [0.25, 0.3) is 11.3 Å². The van der Waals surface area contributed by atoms with Crippen LogP contribution in [-0.2, 0) is 6.54 Å². The molecule has 0 unspecified atom stereocenters. The zero-order valence-electron chi connectivity index (χ0n) is 12.4. The van der Waals surface area contributed by atoms with Gasteiger partial charge in [0.1, 0.15) is 17.3 Å². The standard InChI is InChI=1S/C16H14N4O3/c1-10-12(15(20-23-10)11-5-3-2-4-6-11)7-18-14-9-17-13(8-19-14)16(21)22/h2-6,8-9H,7H2,1H3,(H,18,19)(H,21,22). The number of carboxylic acid groups (broad SMARTS) is 1. The smallest absolute Gasteiger partial charge is 0.356 e. The van der Waals surface area contributed by atoms with E-state index in [1.54, 1.807) is 0 Å². The first kappa shape index (κ1) is 14.7. The highest BCUT2D eigenvalue weighted by atomic mass is 16.5. The summed E-state index contributed by atoms with van der Waals surface area (Å²) in [4.78, 5) is 18.6. The van der Waals surface area contributed by atoms with Crippen molar-refractivity contribution in [2.45, 2.75) is 13.5 Å². The fraction of sp³-hybridized carbons (Fsp3) is 0.125. The molecule has 116 valence electrons. The Hall–Kier alpha value is -3.22. The Morgan fingerprint density at radius 3 is 2.65 bits per heavy atom. The summed E-state index contributed by atoms with van der Waals surface area (Å²) < 4.78 is 5.29. The van der Waals surface area contributed by atoms with Crippen LogP contribution >= 0.6 is 0 Å². The average Bonchev–Trinajstić information content (AvgIpc) is 2.95. The van der Waals surface area contributed by atoms with Gasteiger partial charge < -0.3 is 14.9 Å². The van der Waals surface area contributed by atoms with Crippen molar-refractivity contribution >= 4 is 11.8 Å². The molecule has 1 aromatic carbocycles. The summed E-state index contributed by atoms with van der Waals surface area (Å²) in [7, 11) is 0. The molecule has 0 aliphatic carbocycles. The van der Waals surface area contributed by atoms with Gasteiger partial charge in [0.25, 0.3) is 0 Å². The van der Waals surface area contributed by atoms with E-state index in [0.717, 1.165) is 16.8 Å². The van der Waals surface area contributed by atoms with Crippen molar-refractivity contribution in [3.05, 3.63) is 59.7 Å². The summed E-state index contributed by atoms with van der Waals surface area (Å²) in [6.45, 7) is 2.29. The monoisotopic (exact) mass is 310 g/mol. The van der Waals surface area contributed by atoms with E-state index in [-0.39, 0.29) is 5.69 Å². The third kappa shape index (κ3) is 3.18. The quantitative estimate of drug-likeness (QED) is 0.747. The normalized spacial score (nSPS) is 10.5. The third-order valence-electron chi connectivity index (χ3n) is 3.35. The summed E-state index contributed by atoms with van der Waals surface area (Å²) >= 11 is 0. The van der Waals surface area contributed by atoms with E-state index < -0.39 is 5.97 Å². The van der Waals surface area contributed by atoms with E-state index >= 15 is 0 Å². The number of hydrogen-bond acceptors (Lipinski definition) is 6. The predicted molar refractivity (Wildman–Crippen MR) is 83.0 cm³/mol. The zero-order valence-corrected chi connectivity index (χ0v) is 12.4. The molecule has 2 aromatic heterocycles. The minimum atomic E-state index is -1.11. The molecule has 0 saturated carbocycles. The number of aromatic nitrogens is 3. The highest BCUT2D eigenvalue weighted by Crippen LogP contribution is 2.25. The number of carbonyl (C=O) groups is 1. The van der Waals surface area contributed by atoms with Crippen LogP contribution < -0.4 is 5.32 Å². The molecule has 0 radical (unpaired) electrons. The molecule has 7 heteroatoms. The maximum absolute atomic E-state index is 10.8. The summed E-state index contributed by atoms with van der Waals surface area (Å²) in [5.41, 5.74) is 2.56. The van der Waals surface area contributed by atoms with Crippen LogP contribution in [0.3, 0.4) is 0 Å². The van der Waals surface area contributed by atoms with Crippen molar-refractivity contribution in [2.75, 3.05) is 5.32 Å². The summed E-state index contributed by atoms with van der Waals surface area (Å²) in [5.74, 6) is 0.0892. The Morgan fingerprint density at radius 1 is 1.22 bits per heavy atom. The fourth-order valence-electron chi connectivity index (χ4n) is 2.13. The first-order valence-electron chi connectivity index (χ1n) is 6.95. The number of rotatable bonds is 5. The van der Waals surface area contributed by atoms with Gasteiger partial charge in [-0.3, -0.25) is 0 Å². The van der Waals surface area contributed by atoms with Crippen LogP contribution in [0.2, 0.25) is 0 Å². The SMILES string of the molecule is Cc1onc(-c2ccccc2)c1CNc1cnc(C(=O)O)cn1. The largest absolute Gasteiger partial charge is 0.476 e. The highest BCUT2D eigenvalue weighted by molar-refractivity contribution is 5.84. The number of hydrogen-bond donors (Lipinski definition) is 2. The lowest BCUT2D eigenvalue weighted by Crippen LogP contribution is -2.06. The van der Waals surface area contributed by atoms with E-state index in [9.17, 15) is 4.79 Å². The minimum Gasteiger partial charge on any atom is -0.476 e. The lowest BCUT2D eigenvalue weighted by molar-refractivity contribution is 0.0690. The summed E-state index contributed by atoms with van der Waals surface area (Å²) in [6.07, 6.45) is 2.59. The van der Waals surface area contributed by atoms with Crippen LogP contribution in [0, 0.1) is 6.92 Å². The van der Waals surface area contributed by atoms with Gasteiger partial charge in [-0.25, -0.2) is 14.8 Å². The average molecular weight is 310 g/mol. The van der Waals surface area contributed by atoms with Crippen molar-refractivity contribution in [1.82, 2.24) is 15.1 Å². The second-order valence-corrected chi connectivity index (χ2v) is 4.88. The van der Waals surface area contributed by atoms with Crippen molar-refractivity contribution in [3.8, 4) is 11.3 Å². The first-order valence-corrected chi connectivity index (χ1v) is 6.95. The lowest BCUT2D eigenvalue weighted by Gasteiger charge is -2.06. The Bertz CT molecular complexity index is 813. The van der Waals surface area contributed by atoms with Crippen molar-refractivity contribution in [3.63, 3.8) is 0 Å². The minimum absolute atomic E-state index is 0.0957. The molecule has 0 aliphatic rings.